The molecule has 0 saturated carbocycles. The zero-order chi connectivity index (χ0) is 13.2. The highest BCUT2D eigenvalue weighted by Crippen LogP contribution is 2.12. The predicted molar refractivity (Wildman–Crippen MR) is 74.6 cm³/mol. The molecule has 0 aliphatic heterocycles. The number of rotatable bonds is 8. The Morgan fingerprint density at radius 1 is 1.33 bits per heavy atom. The van der Waals surface area contributed by atoms with Gasteiger partial charge in [-0.15, -0.1) is 0 Å². The molecule has 2 nitrogen and oxygen atoms in total. The van der Waals surface area contributed by atoms with Crippen LogP contribution < -0.4 is 0 Å². The lowest BCUT2D eigenvalue weighted by Crippen LogP contribution is -1.94. The summed E-state index contributed by atoms with van der Waals surface area (Å²) in [5, 5.41) is 8.51. The number of benzene rings is 1. The molecule has 0 spiro atoms. The standard InChI is InChI=1S/C16H22O2/c1-14(8-5-6-13-16(17)18)9-7-12-15-10-3-2-4-11-15/h2-5,8,10-11,14H,6-7,9,12-13H2,1H3,(H,17,18)/b8-5+. The molecular weight excluding hydrogens is 224 g/mol. The highest BCUT2D eigenvalue weighted by Gasteiger charge is 1.98. The third-order valence-corrected chi connectivity index (χ3v) is 2.96. The van der Waals surface area contributed by atoms with Gasteiger partial charge in [-0.05, 0) is 37.2 Å². The van der Waals surface area contributed by atoms with E-state index in [1.54, 1.807) is 0 Å². The minimum Gasteiger partial charge on any atom is -0.481 e. The number of carbonyl (C=O) groups is 1. The van der Waals surface area contributed by atoms with Crippen molar-refractivity contribution in [2.45, 2.75) is 39.0 Å². The summed E-state index contributed by atoms with van der Waals surface area (Å²) in [6, 6.07) is 10.5. The van der Waals surface area contributed by atoms with E-state index in [2.05, 4.69) is 37.3 Å². The number of aliphatic carboxylic acids is 1. The highest BCUT2D eigenvalue weighted by molar-refractivity contribution is 5.66. The number of carboxylic acids is 1. The molecule has 18 heavy (non-hydrogen) atoms. The normalized spacial score (nSPS) is 12.7. The Hall–Kier alpha value is -1.57. The average Bonchev–Trinajstić information content (AvgIpc) is 2.36. The third-order valence-electron chi connectivity index (χ3n) is 2.96. The van der Waals surface area contributed by atoms with Crippen LogP contribution in [0.2, 0.25) is 0 Å². The lowest BCUT2D eigenvalue weighted by atomic mass is 10.0. The summed E-state index contributed by atoms with van der Waals surface area (Å²) in [5.41, 5.74) is 1.39. The van der Waals surface area contributed by atoms with E-state index >= 15 is 0 Å². The largest absolute Gasteiger partial charge is 0.481 e. The van der Waals surface area contributed by atoms with Gasteiger partial charge in [0.05, 0.1) is 0 Å². The van der Waals surface area contributed by atoms with Gasteiger partial charge < -0.3 is 5.11 Å². The lowest BCUT2D eigenvalue weighted by molar-refractivity contribution is -0.136. The van der Waals surface area contributed by atoms with Crippen molar-refractivity contribution in [3.63, 3.8) is 0 Å². The molecule has 1 aromatic carbocycles. The fourth-order valence-corrected chi connectivity index (χ4v) is 1.90. The molecule has 0 fully saturated rings. The Balaban J connectivity index is 2.13. The number of carboxylic acid groups (broad SMARTS) is 1. The van der Waals surface area contributed by atoms with Crippen LogP contribution in [0, 0.1) is 5.92 Å². The second-order valence-electron chi connectivity index (χ2n) is 4.72. The van der Waals surface area contributed by atoms with Gasteiger partial charge in [-0.25, -0.2) is 0 Å². The van der Waals surface area contributed by atoms with Crippen LogP contribution in [-0.2, 0) is 11.2 Å². The Labute approximate surface area is 109 Å². The van der Waals surface area contributed by atoms with E-state index in [4.69, 9.17) is 5.11 Å². The maximum Gasteiger partial charge on any atom is 0.303 e. The average molecular weight is 246 g/mol. The van der Waals surface area contributed by atoms with Crippen molar-refractivity contribution in [1.82, 2.24) is 0 Å². The van der Waals surface area contributed by atoms with Crippen LogP contribution in [0.4, 0.5) is 0 Å². The first-order valence-corrected chi connectivity index (χ1v) is 6.61. The van der Waals surface area contributed by atoms with Crippen molar-refractivity contribution in [2.24, 2.45) is 5.92 Å². The molecular formula is C16H22O2. The predicted octanol–water partition coefficient (Wildman–Crippen LogP) is 4.07. The van der Waals surface area contributed by atoms with Gasteiger partial charge >= 0.3 is 5.97 Å². The van der Waals surface area contributed by atoms with Crippen LogP contribution >= 0.6 is 0 Å². The van der Waals surface area contributed by atoms with Gasteiger partial charge in [0.1, 0.15) is 0 Å². The van der Waals surface area contributed by atoms with Crippen LogP contribution in [0.15, 0.2) is 42.5 Å². The van der Waals surface area contributed by atoms with Gasteiger partial charge in [0, 0.05) is 6.42 Å². The van der Waals surface area contributed by atoms with Crippen LogP contribution in [0.1, 0.15) is 38.2 Å². The zero-order valence-electron chi connectivity index (χ0n) is 11.0. The number of hydrogen-bond donors (Lipinski definition) is 1. The Kier molecular flexibility index (Phi) is 6.85. The Bertz CT molecular complexity index is 368. The van der Waals surface area contributed by atoms with E-state index in [0.29, 0.717) is 12.3 Å². The molecule has 0 aromatic heterocycles. The summed E-state index contributed by atoms with van der Waals surface area (Å²) in [6.07, 6.45) is 8.43. The molecule has 0 bridgehead atoms. The molecule has 1 rings (SSSR count). The lowest BCUT2D eigenvalue weighted by Gasteiger charge is -2.06. The molecule has 1 aromatic rings. The summed E-state index contributed by atoms with van der Waals surface area (Å²) >= 11 is 0. The van der Waals surface area contributed by atoms with E-state index in [1.807, 2.05) is 12.1 Å². The maximum absolute atomic E-state index is 10.3. The Morgan fingerprint density at radius 2 is 2.06 bits per heavy atom. The summed E-state index contributed by atoms with van der Waals surface area (Å²) < 4.78 is 0. The van der Waals surface area contributed by atoms with E-state index in [9.17, 15) is 4.79 Å². The first-order chi connectivity index (χ1) is 8.68. The van der Waals surface area contributed by atoms with Crippen LogP contribution in [0.25, 0.3) is 0 Å². The van der Waals surface area contributed by atoms with Gasteiger partial charge in [0.2, 0.25) is 0 Å². The smallest absolute Gasteiger partial charge is 0.303 e. The molecule has 1 unspecified atom stereocenters. The SMILES string of the molecule is CC(/C=C/CCC(=O)O)CCCc1ccccc1. The van der Waals surface area contributed by atoms with Crippen LogP contribution in [-0.4, -0.2) is 11.1 Å². The maximum atomic E-state index is 10.3. The van der Waals surface area contributed by atoms with Gasteiger partial charge in [-0.2, -0.15) is 0 Å². The fraction of sp³-hybridized carbons (Fsp3) is 0.438. The fourth-order valence-electron chi connectivity index (χ4n) is 1.90. The summed E-state index contributed by atoms with van der Waals surface area (Å²) in [5.74, 6) is -0.195. The van der Waals surface area contributed by atoms with Crippen molar-refractivity contribution in [3.05, 3.63) is 48.0 Å². The first-order valence-electron chi connectivity index (χ1n) is 6.61. The number of aryl methyl sites for hydroxylation is 1. The van der Waals surface area contributed by atoms with Gasteiger partial charge in [0.15, 0.2) is 0 Å². The number of hydrogen-bond acceptors (Lipinski definition) is 1. The second-order valence-corrected chi connectivity index (χ2v) is 4.72. The first kappa shape index (κ1) is 14.5. The molecule has 0 amide bonds. The van der Waals surface area contributed by atoms with E-state index < -0.39 is 5.97 Å². The quantitative estimate of drug-likeness (QED) is 0.702. The van der Waals surface area contributed by atoms with Crippen molar-refractivity contribution in [3.8, 4) is 0 Å². The van der Waals surface area contributed by atoms with Crippen molar-refractivity contribution in [2.75, 3.05) is 0 Å². The molecule has 1 atom stereocenters. The minimum absolute atomic E-state index is 0.229. The summed E-state index contributed by atoms with van der Waals surface area (Å²) in [6.45, 7) is 2.18. The highest BCUT2D eigenvalue weighted by atomic mass is 16.4. The van der Waals surface area contributed by atoms with Gasteiger partial charge in [-0.1, -0.05) is 49.4 Å². The van der Waals surface area contributed by atoms with E-state index in [-0.39, 0.29) is 6.42 Å². The zero-order valence-corrected chi connectivity index (χ0v) is 11.0. The minimum atomic E-state index is -0.726. The van der Waals surface area contributed by atoms with Crippen molar-refractivity contribution < 1.29 is 9.90 Å². The van der Waals surface area contributed by atoms with Crippen LogP contribution in [0.3, 0.4) is 0 Å². The molecule has 0 saturated heterocycles. The molecule has 98 valence electrons. The van der Waals surface area contributed by atoms with Gasteiger partial charge in [0.25, 0.3) is 0 Å². The van der Waals surface area contributed by atoms with Crippen molar-refractivity contribution in [1.29, 1.82) is 0 Å². The van der Waals surface area contributed by atoms with E-state index in [0.717, 1.165) is 12.8 Å². The topological polar surface area (TPSA) is 37.3 Å². The van der Waals surface area contributed by atoms with E-state index in [1.165, 1.54) is 12.0 Å². The molecule has 0 radical (unpaired) electrons. The molecule has 1 N–H and O–H groups in total. The van der Waals surface area contributed by atoms with Crippen LogP contribution in [0.5, 0.6) is 0 Å². The second kappa shape index (κ2) is 8.51. The molecule has 0 aliphatic carbocycles. The van der Waals surface area contributed by atoms with Gasteiger partial charge in [-0.3, -0.25) is 4.79 Å². The molecule has 2 heteroatoms. The Morgan fingerprint density at radius 3 is 2.72 bits per heavy atom. The van der Waals surface area contributed by atoms with Crippen molar-refractivity contribution >= 4 is 5.97 Å². The molecule has 0 heterocycles. The molecule has 0 aliphatic rings. The summed E-state index contributed by atoms with van der Waals surface area (Å²) in [7, 11) is 0. The summed E-state index contributed by atoms with van der Waals surface area (Å²) in [4.78, 5) is 10.3. The monoisotopic (exact) mass is 246 g/mol. The third kappa shape index (κ3) is 6.89. The number of allylic oxidation sites excluding steroid dienone is 2.